The predicted molar refractivity (Wildman–Crippen MR) is 150 cm³/mol. The third-order valence-electron chi connectivity index (χ3n) is 7.04. The number of rotatable bonds is 8. The van der Waals surface area contributed by atoms with E-state index in [1.165, 1.54) is 12.3 Å². The van der Waals surface area contributed by atoms with Crippen molar-refractivity contribution in [1.82, 2.24) is 24.1 Å². The number of ether oxygens (including phenoxy) is 1. The normalized spacial score (nSPS) is 16.8. The Labute approximate surface area is 225 Å². The Morgan fingerprint density at radius 2 is 1.82 bits per heavy atom. The molecule has 4 aromatic heterocycles. The van der Waals surface area contributed by atoms with Crippen LogP contribution in [-0.4, -0.2) is 48.4 Å². The molecule has 1 fully saturated rings. The summed E-state index contributed by atoms with van der Waals surface area (Å²) < 4.78 is 8.90. The quantitative estimate of drug-likeness (QED) is 0.277. The van der Waals surface area contributed by atoms with Crippen molar-refractivity contribution in [2.75, 3.05) is 17.7 Å². The Kier molecular flexibility index (Phi) is 6.58. The van der Waals surface area contributed by atoms with E-state index in [4.69, 9.17) is 9.72 Å². The van der Waals surface area contributed by atoms with Crippen molar-refractivity contribution in [1.29, 1.82) is 0 Å². The Hall–Kier alpha value is -4.86. The molecule has 0 unspecified atom stereocenters. The number of hydrogen-bond acceptors (Lipinski definition) is 8. The van der Waals surface area contributed by atoms with Crippen LogP contribution in [0.4, 0.5) is 11.8 Å². The number of fused-ring (bicyclic) bond motifs is 1. The summed E-state index contributed by atoms with van der Waals surface area (Å²) in [5.41, 5.74) is 3.08. The Morgan fingerprint density at radius 3 is 2.56 bits per heavy atom. The summed E-state index contributed by atoms with van der Waals surface area (Å²) in [5, 5.41) is 17.1. The van der Waals surface area contributed by atoms with Gasteiger partial charge in [0.2, 0.25) is 5.95 Å². The molecule has 0 aliphatic heterocycles. The van der Waals surface area contributed by atoms with E-state index in [9.17, 15) is 9.90 Å². The number of nitrogens with zero attached hydrogens (tertiary/aromatic N) is 5. The van der Waals surface area contributed by atoms with Gasteiger partial charge in [0, 0.05) is 30.4 Å². The maximum atomic E-state index is 12.1. The molecule has 6 rings (SSSR count). The highest BCUT2D eigenvalue weighted by atomic mass is 16.5. The SMILES string of the molecule is COc1ccc(Cn2c(N[C@H]3CC[C@H](Nc4ccc(-n5ccccc5=O)cn4)C3)nc3cc(O)cnc32)cc1. The molecule has 0 saturated heterocycles. The Morgan fingerprint density at radius 1 is 1.00 bits per heavy atom. The van der Waals surface area contributed by atoms with Crippen LogP contribution in [0.1, 0.15) is 24.8 Å². The van der Waals surface area contributed by atoms with Crippen molar-refractivity contribution in [2.24, 2.45) is 0 Å². The number of pyridine rings is 3. The molecule has 2 atom stereocenters. The zero-order valence-electron chi connectivity index (χ0n) is 21.5. The fourth-order valence-electron chi connectivity index (χ4n) is 5.06. The molecule has 4 heterocycles. The molecular formula is C29H29N7O3. The first-order valence-electron chi connectivity index (χ1n) is 12.9. The standard InChI is InChI=1S/C29H29N7O3/c1-39-24-10-5-19(6-11-24)18-36-28-25(15-23(37)17-31-28)34-29(36)33-21-8-7-20(14-21)32-26-12-9-22(16-30-26)35-13-3-2-4-27(35)38/h2-6,9-13,15-17,20-21,37H,7-8,14,18H2,1H3,(H,30,32)(H,33,34)/t20-,21-/m0/s1. The minimum absolute atomic E-state index is 0.0870. The first-order chi connectivity index (χ1) is 19.1. The van der Waals surface area contributed by atoms with Crippen LogP contribution in [0.3, 0.4) is 0 Å². The number of methoxy groups -OCH3 is 1. The lowest BCUT2D eigenvalue weighted by molar-refractivity contribution is 0.414. The summed E-state index contributed by atoms with van der Waals surface area (Å²) in [6.07, 6.45) is 7.74. The number of hydrogen-bond donors (Lipinski definition) is 3. The average molecular weight is 524 g/mol. The highest BCUT2D eigenvalue weighted by molar-refractivity contribution is 5.76. The van der Waals surface area contributed by atoms with Gasteiger partial charge in [0.15, 0.2) is 5.65 Å². The number of benzene rings is 1. The van der Waals surface area contributed by atoms with Crippen molar-refractivity contribution in [2.45, 2.75) is 37.9 Å². The van der Waals surface area contributed by atoms with Crippen LogP contribution in [-0.2, 0) is 6.54 Å². The summed E-state index contributed by atoms with van der Waals surface area (Å²) in [4.78, 5) is 25.8. The van der Waals surface area contributed by atoms with Crippen LogP contribution in [0.5, 0.6) is 11.5 Å². The molecule has 1 saturated carbocycles. The molecule has 0 spiro atoms. The van der Waals surface area contributed by atoms with Crippen LogP contribution in [0.25, 0.3) is 16.9 Å². The number of imidazole rings is 1. The fraction of sp³-hybridized carbons (Fsp3) is 0.241. The van der Waals surface area contributed by atoms with Crippen LogP contribution >= 0.6 is 0 Å². The monoisotopic (exact) mass is 523 g/mol. The summed E-state index contributed by atoms with van der Waals surface area (Å²) in [6.45, 7) is 0.579. The van der Waals surface area contributed by atoms with Gasteiger partial charge in [-0.3, -0.25) is 13.9 Å². The third-order valence-corrected chi connectivity index (χ3v) is 7.04. The van der Waals surface area contributed by atoms with Gasteiger partial charge in [0.05, 0.1) is 31.7 Å². The minimum atomic E-state index is -0.0897. The molecule has 1 aromatic carbocycles. The number of aromatic nitrogens is 5. The van der Waals surface area contributed by atoms with Crippen LogP contribution < -0.4 is 20.9 Å². The van der Waals surface area contributed by atoms with E-state index in [0.29, 0.717) is 17.7 Å². The first kappa shape index (κ1) is 24.5. The molecule has 3 N–H and O–H groups in total. The molecule has 39 heavy (non-hydrogen) atoms. The van der Waals surface area contributed by atoms with Gasteiger partial charge in [-0.2, -0.15) is 0 Å². The van der Waals surface area contributed by atoms with Gasteiger partial charge < -0.3 is 20.5 Å². The smallest absolute Gasteiger partial charge is 0.255 e. The molecular weight excluding hydrogens is 494 g/mol. The van der Waals surface area contributed by atoms with Crippen LogP contribution in [0, 0.1) is 0 Å². The van der Waals surface area contributed by atoms with Gasteiger partial charge >= 0.3 is 0 Å². The molecule has 10 heteroatoms. The van der Waals surface area contributed by atoms with Crippen molar-refractivity contribution in [3.63, 3.8) is 0 Å². The van der Waals surface area contributed by atoms with E-state index in [0.717, 1.165) is 48.0 Å². The largest absolute Gasteiger partial charge is 0.506 e. The Bertz CT molecular complexity index is 1640. The molecule has 5 aromatic rings. The predicted octanol–water partition coefficient (Wildman–Crippen LogP) is 4.18. The fourth-order valence-corrected chi connectivity index (χ4v) is 5.06. The summed E-state index contributed by atoms with van der Waals surface area (Å²) in [6, 6.07) is 18.9. The first-order valence-corrected chi connectivity index (χ1v) is 12.9. The topological polar surface area (TPSA) is 119 Å². The minimum Gasteiger partial charge on any atom is -0.506 e. The maximum absolute atomic E-state index is 12.1. The lowest BCUT2D eigenvalue weighted by Gasteiger charge is -2.17. The molecule has 198 valence electrons. The van der Waals surface area contributed by atoms with Crippen molar-refractivity contribution in [3.05, 3.63) is 95.2 Å². The van der Waals surface area contributed by atoms with Gasteiger partial charge in [0.1, 0.15) is 22.8 Å². The highest BCUT2D eigenvalue weighted by Gasteiger charge is 2.26. The van der Waals surface area contributed by atoms with Gasteiger partial charge in [-0.15, -0.1) is 0 Å². The Balaban J connectivity index is 1.15. The second-order valence-electron chi connectivity index (χ2n) is 9.71. The molecule has 0 radical (unpaired) electrons. The van der Waals surface area contributed by atoms with E-state index < -0.39 is 0 Å². The zero-order chi connectivity index (χ0) is 26.8. The van der Waals surface area contributed by atoms with Gasteiger partial charge in [-0.25, -0.2) is 15.0 Å². The molecule has 0 amide bonds. The number of anilines is 2. The lowest BCUT2D eigenvalue weighted by atomic mass is 10.2. The van der Waals surface area contributed by atoms with Crippen molar-refractivity contribution < 1.29 is 9.84 Å². The molecule has 10 nitrogen and oxygen atoms in total. The van der Waals surface area contributed by atoms with Gasteiger partial charge in [-0.1, -0.05) is 18.2 Å². The number of aromatic hydroxyl groups is 1. The van der Waals surface area contributed by atoms with E-state index in [-0.39, 0.29) is 23.4 Å². The van der Waals surface area contributed by atoms with E-state index in [2.05, 4.69) is 20.6 Å². The second-order valence-corrected chi connectivity index (χ2v) is 9.71. The highest BCUT2D eigenvalue weighted by Crippen LogP contribution is 2.28. The average Bonchev–Trinajstić information content (AvgIpc) is 3.53. The van der Waals surface area contributed by atoms with E-state index in [1.54, 1.807) is 36.2 Å². The summed E-state index contributed by atoms with van der Waals surface area (Å²) in [5.74, 6) is 2.39. The zero-order valence-corrected chi connectivity index (χ0v) is 21.5. The van der Waals surface area contributed by atoms with Gasteiger partial charge in [-0.05, 0) is 55.2 Å². The van der Waals surface area contributed by atoms with Crippen molar-refractivity contribution >= 4 is 22.9 Å². The van der Waals surface area contributed by atoms with Crippen LogP contribution in [0.15, 0.2) is 84.0 Å². The molecule has 1 aliphatic carbocycles. The summed E-state index contributed by atoms with van der Waals surface area (Å²) in [7, 11) is 1.65. The van der Waals surface area contributed by atoms with Crippen molar-refractivity contribution in [3.8, 4) is 17.2 Å². The third kappa shape index (κ3) is 5.26. The van der Waals surface area contributed by atoms with E-state index in [1.807, 2.05) is 47.0 Å². The van der Waals surface area contributed by atoms with Gasteiger partial charge in [0.25, 0.3) is 5.56 Å². The van der Waals surface area contributed by atoms with E-state index >= 15 is 0 Å². The van der Waals surface area contributed by atoms with Crippen LogP contribution in [0.2, 0.25) is 0 Å². The molecule has 0 bridgehead atoms. The maximum Gasteiger partial charge on any atom is 0.255 e. The molecule has 1 aliphatic rings. The summed E-state index contributed by atoms with van der Waals surface area (Å²) >= 11 is 0. The lowest BCUT2D eigenvalue weighted by Crippen LogP contribution is -2.23. The second kappa shape index (κ2) is 10.5. The number of nitrogens with one attached hydrogen (secondary N) is 2.